The van der Waals surface area contributed by atoms with E-state index in [4.69, 9.17) is 16.3 Å². The van der Waals surface area contributed by atoms with Crippen molar-refractivity contribution >= 4 is 39.9 Å². The van der Waals surface area contributed by atoms with Crippen LogP contribution in [0.1, 0.15) is 30.8 Å². The molecule has 1 aliphatic heterocycles. The second kappa shape index (κ2) is 8.71. The van der Waals surface area contributed by atoms with E-state index in [1.54, 1.807) is 24.3 Å². The Kier molecular flexibility index (Phi) is 6.34. The SMILES string of the molecule is CC(C)CC(=O)N1CCc2nc(NC(=O)COc3ccc(Cl)cc3)sc2C1. The average Bonchev–Trinajstić information content (AvgIpc) is 3.01. The van der Waals surface area contributed by atoms with Gasteiger partial charge in [-0.3, -0.25) is 14.9 Å². The Morgan fingerprint density at radius 1 is 1.33 bits per heavy atom. The highest BCUT2D eigenvalue weighted by atomic mass is 35.5. The van der Waals surface area contributed by atoms with Crippen LogP contribution >= 0.6 is 22.9 Å². The van der Waals surface area contributed by atoms with Gasteiger partial charge in [0, 0.05) is 29.3 Å². The summed E-state index contributed by atoms with van der Waals surface area (Å²) in [5.74, 6) is 0.818. The zero-order chi connectivity index (χ0) is 19.4. The molecule has 3 rings (SSSR count). The number of hydrogen-bond donors (Lipinski definition) is 1. The summed E-state index contributed by atoms with van der Waals surface area (Å²) < 4.78 is 5.44. The molecule has 8 heteroatoms. The molecule has 0 spiro atoms. The molecule has 1 aliphatic rings. The molecule has 0 saturated heterocycles. The quantitative estimate of drug-likeness (QED) is 0.791. The molecule has 0 radical (unpaired) electrons. The van der Waals surface area contributed by atoms with E-state index < -0.39 is 0 Å². The first kappa shape index (κ1) is 19.6. The number of amides is 2. The third-order valence-electron chi connectivity index (χ3n) is 4.10. The van der Waals surface area contributed by atoms with E-state index in [9.17, 15) is 9.59 Å². The second-order valence-corrected chi connectivity index (χ2v) is 8.36. The number of aromatic nitrogens is 1. The lowest BCUT2D eigenvalue weighted by atomic mass is 10.1. The summed E-state index contributed by atoms with van der Waals surface area (Å²) in [4.78, 5) is 31.8. The standard InChI is InChI=1S/C19H22ClN3O3S/c1-12(2)9-18(25)23-8-7-15-16(10-23)27-19(21-15)22-17(24)11-26-14-5-3-13(20)4-6-14/h3-6,12H,7-11H2,1-2H3,(H,21,22,24). The van der Waals surface area contributed by atoms with Crippen molar-refractivity contribution in [3.05, 3.63) is 39.9 Å². The van der Waals surface area contributed by atoms with Crippen molar-refractivity contribution in [2.24, 2.45) is 5.92 Å². The van der Waals surface area contributed by atoms with Crippen LogP contribution in [-0.4, -0.2) is 34.8 Å². The number of anilines is 1. The molecule has 1 N–H and O–H groups in total. The lowest BCUT2D eigenvalue weighted by Gasteiger charge is -2.26. The molecule has 1 aromatic heterocycles. The number of carbonyl (C=O) groups is 2. The fraction of sp³-hybridized carbons (Fsp3) is 0.421. The van der Waals surface area contributed by atoms with Gasteiger partial charge in [0.1, 0.15) is 5.75 Å². The van der Waals surface area contributed by atoms with E-state index in [1.807, 2.05) is 18.7 Å². The van der Waals surface area contributed by atoms with Crippen LogP contribution in [0, 0.1) is 5.92 Å². The molecular formula is C19H22ClN3O3S. The Morgan fingerprint density at radius 3 is 2.78 bits per heavy atom. The van der Waals surface area contributed by atoms with Crippen molar-refractivity contribution in [2.75, 3.05) is 18.5 Å². The van der Waals surface area contributed by atoms with Crippen LogP contribution in [0.3, 0.4) is 0 Å². The first-order chi connectivity index (χ1) is 12.9. The van der Waals surface area contributed by atoms with Gasteiger partial charge >= 0.3 is 0 Å². The normalized spacial score (nSPS) is 13.4. The van der Waals surface area contributed by atoms with Gasteiger partial charge in [-0.2, -0.15) is 0 Å². The van der Waals surface area contributed by atoms with E-state index in [-0.39, 0.29) is 18.4 Å². The minimum Gasteiger partial charge on any atom is -0.484 e. The summed E-state index contributed by atoms with van der Waals surface area (Å²) in [6, 6.07) is 6.83. The summed E-state index contributed by atoms with van der Waals surface area (Å²) in [5.41, 5.74) is 0.961. The zero-order valence-electron chi connectivity index (χ0n) is 15.3. The monoisotopic (exact) mass is 407 g/mol. The third kappa shape index (κ3) is 5.43. The largest absolute Gasteiger partial charge is 0.484 e. The third-order valence-corrected chi connectivity index (χ3v) is 5.35. The maximum atomic E-state index is 12.3. The molecule has 0 atom stereocenters. The Balaban J connectivity index is 1.53. The zero-order valence-corrected chi connectivity index (χ0v) is 16.9. The minimum atomic E-state index is -0.274. The number of fused-ring (bicyclic) bond motifs is 1. The van der Waals surface area contributed by atoms with Gasteiger partial charge in [-0.05, 0) is 30.2 Å². The summed E-state index contributed by atoms with van der Waals surface area (Å²) >= 11 is 7.24. The first-order valence-electron chi connectivity index (χ1n) is 8.85. The van der Waals surface area contributed by atoms with E-state index in [0.717, 1.165) is 10.6 Å². The molecule has 6 nitrogen and oxygen atoms in total. The molecule has 0 saturated carbocycles. The molecule has 0 unspecified atom stereocenters. The van der Waals surface area contributed by atoms with Gasteiger partial charge in [0.05, 0.1) is 12.2 Å². The van der Waals surface area contributed by atoms with E-state index in [0.29, 0.717) is 47.8 Å². The molecule has 0 bridgehead atoms. The predicted molar refractivity (Wildman–Crippen MR) is 106 cm³/mol. The van der Waals surface area contributed by atoms with Crippen molar-refractivity contribution < 1.29 is 14.3 Å². The Hall–Kier alpha value is -2.12. The highest BCUT2D eigenvalue weighted by molar-refractivity contribution is 7.15. The van der Waals surface area contributed by atoms with E-state index in [1.165, 1.54) is 11.3 Å². The lowest BCUT2D eigenvalue weighted by molar-refractivity contribution is -0.132. The van der Waals surface area contributed by atoms with E-state index in [2.05, 4.69) is 10.3 Å². The summed E-state index contributed by atoms with van der Waals surface area (Å²) in [5, 5.41) is 3.93. The van der Waals surface area contributed by atoms with Crippen LogP contribution in [0.25, 0.3) is 0 Å². The van der Waals surface area contributed by atoms with Crippen LogP contribution in [0.4, 0.5) is 5.13 Å². The molecular weight excluding hydrogens is 386 g/mol. The van der Waals surface area contributed by atoms with Crippen molar-refractivity contribution in [3.8, 4) is 5.75 Å². The highest BCUT2D eigenvalue weighted by Crippen LogP contribution is 2.29. The van der Waals surface area contributed by atoms with Crippen LogP contribution in [-0.2, 0) is 22.6 Å². The van der Waals surface area contributed by atoms with E-state index >= 15 is 0 Å². The molecule has 2 heterocycles. The summed E-state index contributed by atoms with van der Waals surface area (Å²) in [6.45, 7) is 5.22. The number of carbonyl (C=O) groups excluding carboxylic acids is 2. The van der Waals surface area contributed by atoms with Crippen molar-refractivity contribution in [2.45, 2.75) is 33.2 Å². The minimum absolute atomic E-state index is 0.106. The Morgan fingerprint density at radius 2 is 2.07 bits per heavy atom. The smallest absolute Gasteiger partial charge is 0.264 e. The fourth-order valence-electron chi connectivity index (χ4n) is 2.78. The molecule has 144 valence electrons. The second-order valence-electron chi connectivity index (χ2n) is 6.84. The molecule has 2 amide bonds. The van der Waals surface area contributed by atoms with Gasteiger partial charge in [-0.25, -0.2) is 4.98 Å². The number of nitrogens with one attached hydrogen (secondary N) is 1. The number of rotatable bonds is 6. The number of thiazole rings is 1. The summed E-state index contributed by atoms with van der Waals surface area (Å²) in [7, 11) is 0. The van der Waals surface area contributed by atoms with Crippen molar-refractivity contribution in [1.82, 2.24) is 9.88 Å². The van der Waals surface area contributed by atoms with Crippen molar-refractivity contribution in [1.29, 1.82) is 0 Å². The average molecular weight is 408 g/mol. The molecule has 27 heavy (non-hydrogen) atoms. The first-order valence-corrected chi connectivity index (χ1v) is 10.0. The predicted octanol–water partition coefficient (Wildman–Crippen LogP) is 3.74. The number of halogens is 1. The van der Waals surface area contributed by atoms with Gasteiger partial charge in [0.25, 0.3) is 5.91 Å². The van der Waals surface area contributed by atoms with Gasteiger partial charge < -0.3 is 9.64 Å². The summed E-state index contributed by atoms with van der Waals surface area (Å²) in [6.07, 6.45) is 1.27. The van der Waals surface area contributed by atoms with Gasteiger partial charge in [-0.15, -0.1) is 0 Å². The van der Waals surface area contributed by atoms with Crippen molar-refractivity contribution in [3.63, 3.8) is 0 Å². The van der Waals surface area contributed by atoms with Gasteiger partial charge in [0.15, 0.2) is 11.7 Å². The van der Waals surface area contributed by atoms with Gasteiger partial charge in [0.2, 0.25) is 5.91 Å². The highest BCUT2D eigenvalue weighted by Gasteiger charge is 2.24. The van der Waals surface area contributed by atoms with Crippen LogP contribution in [0.5, 0.6) is 5.75 Å². The van der Waals surface area contributed by atoms with Crippen LogP contribution < -0.4 is 10.1 Å². The molecule has 0 fully saturated rings. The number of hydrogen-bond acceptors (Lipinski definition) is 5. The van der Waals surface area contributed by atoms with Crippen LogP contribution in [0.2, 0.25) is 5.02 Å². The molecule has 1 aromatic carbocycles. The molecule has 0 aliphatic carbocycles. The van der Waals surface area contributed by atoms with Crippen LogP contribution in [0.15, 0.2) is 24.3 Å². The fourth-order valence-corrected chi connectivity index (χ4v) is 3.94. The molecule has 2 aromatic rings. The maximum absolute atomic E-state index is 12.3. The topological polar surface area (TPSA) is 71.5 Å². The maximum Gasteiger partial charge on any atom is 0.264 e. The Bertz CT molecular complexity index is 820. The lowest BCUT2D eigenvalue weighted by Crippen LogP contribution is -2.36. The number of benzene rings is 1. The number of ether oxygens (including phenoxy) is 1. The Labute approximate surface area is 167 Å². The number of nitrogens with zero attached hydrogens (tertiary/aromatic N) is 2. The van der Waals surface area contributed by atoms with Gasteiger partial charge in [-0.1, -0.05) is 36.8 Å².